The van der Waals surface area contributed by atoms with Crippen LogP contribution in [0.15, 0.2) is 18.2 Å². The summed E-state index contributed by atoms with van der Waals surface area (Å²) in [6, 6.07) is 2.25. The smallest absolute Gasteiger partial charge is 0.207 e. The summed E-state index contributed by atoms with van der Waals surface area (Å²) in [6.07, 6.45) is 0.675. The van der Waals surface area contributed by atoms with Gasteiger partial charge in [0.2, 0.25) is 0 Å². The van der Waals surface area contributed by atoms with Crippen LogP contribution >= 0.6 is 0 Å². The lowest BCUT2D eigenvalue weighted by Crippen LogP contribution is -2.18. The molecule has 1 aromatic carbocycles. The highest BCUT2D eigenvalue weighted by molar-refractivity contribution is 5.37. The van der Waals surface area contributed by atoms with Gasteiger partial charge in [0.15, 0.2) is 0 Å². The van der Waals surface area contributed by atoms with Crippen LogP contribution in [0.4, 0.5) is 17.6 Å². The Bertz CT molecular complexity index is 435. The van der Waals surface area contributed by atoms with Gasteiger partial charge in [-0.1, -0.05) is 5.92 Å². The molecule has 0 aromatic heterocycles. The maximum absolute atomic E-state index is 13.4. The lowest BCUT2D eigenvalue weighted by Gasteiger charge is -2.20. The molecule has 4 heteroatoms. The van der Waals surface area contributed by atoms with E-state index in [0.717, 1.165) is 12.1 Å². The maximum Gasteiger partial charge on any atom is 0.416 e. The van der Waals surface area contributed by atoms with Crippen LogP contribution in [0.5, 0.6) is 0 Å². The topological polar surface area (TPSA) is 0 Å². The van der Waals surface area contributed by atoms with Gasteiger partial charge in [0, 0.05) is 5.56 Å². The molecule has 0 saturated carbocycles. The number of terminal acetylenes is 1. The highest BCUT2D eigenvalue weighted by Gasteiger charge is 2.33. The van der Waals surface area contributed by atoms with Crippen molar-refractivity contribution in [1.29, 1.82) is 0 Å². The predicted octanol–water partition coefficient (Wildman–Crippen LogP) is 3.76. The molecule has 0 bridgehead atoms. The van der Waals surface area contributed by atoms with Gasteiger partial charge in [-0.25, -0.2) is 4.39 Å². The SMILES string of the molecule is C#CC(C)(C)c1cc(C(F)(F)F)ccc1F. The summed E-state index contributed by atoms with van der Waals surface area (Å²) >= 11 is 0. The van der Waals surface area contributed by atoms with Crippen molar-refractivity contribution in [2.45, 2.75) is 25.4 Å². The highest BCUT2D eigenvalue weighted by atomic mass is 19.4. The van der Waals surface area contributed by atoms with E-state index in [4.69, 9.17) is 6.42 Å². The van der Waals surface area contributed by atoms with Crippen LogP contribution in [0.25, 0.3) is 0 Å². The van der Waals surface area contributed by atoms with Crippen LogP contribution in [0.2, 0.25) is 0 Å². The molecule has 0 unspecified atom stereocenters. The minimum Gasteiger partial charge on any atom is -0.207 e. The second-order valence-corrected chi connectivity index (χ2v) is 3.96. The third-order valence-electron chi connectivity index (χ3n) is 2.33. The molecule has 0 amide bonds. The lowest BCUT2D eigenvalue weighted by molar-refractivity contribution is -0.137. The number of rotatable bonds is 1. The van der Waals surface area contributed by atoms with E-state index in [1.165, 1.54) is 13.8 Å². The number of benzene rings is 1. The van der Waals surface area contributed by atoms with Crippen molar-refractivity contribution in [3.8, 4) is 12.3 Å². The van der Waals surface area contributed by atoms with E-state index < -0.39 is 23.0 Å². The largest absolute Gasteiger partial charge is 0.416 e. The Morgan fingerprint density at radius 2 is 1.75 bits per heavy atom. The predicted molar refractivity (Wildman–Crippen MR) is 53.3 cm³/mol. The van der Waals surface area contributed by atoms with Gasteiger partial charge in [-0.2, -0.15) is 13.2 Å². The van der Waals surface area contributed by atoms with E-state index in [1.54, 1.807) is 0 Å². The average Bonchev–Trinajstić information content (AvgIpc) is 2.16. The first kappa shape index (κ1) is 12.6. The van der Waals surface area contributed by atoms with Gasteiger partial charge in [0.05, 0.1) is 11.0 Å². The van der Waals surface area contributed by atoms with E-state index in [9.17, 15) is 17.6 Å². The molecule has 0 N–H and O–H groups in total. The molecule has 0 radical (unpaired) electrons. The van der Waals surface area contributed by atoms with Crippen molar-refractivity contribution in [2.24, 2.45) is 0 Å². The van der Waals surface area contributed by atoms with E-state index in [0.29, 0.717) is 6.07 Å². The molecule has 1 aromatic rings. The van der Waals surface area contributed by atoms with E-state index in [2.05, 4.69) is 5.92 Å². The van der Waals surface area contributed by atoms with Crippen molar-refractivity contribution in [2.75, 3.05) is 0 Å². The fourth-order valence-electron chi connectivity index (χ4n) is 1.26. The number of alkyl halides is 3. The van der Waals surface area contributed by atoms with E-state index >= 15 is 0 Å². The standard InChI is InChI=1S/C12H10F4/c1-4-11(2,3)9-7-8(12(14,15)16)5-6-10(9)13/h1,5-7H,2-3H3. The zero-order valence-corrected chi connectivity index (χ0v) is 8.82. The summed E-state index contributed by atoms with van der Waals surface area (Å²) in [5, 5.41) is 0. The zero-order chi connectivity index (χ0) is 12.6. The van der Waals surface area contributed by atoms with Crippen LogP contribution in [-0.2, 0) is 11.6 Å². The van der Waals surface area contributed by atoms with Gasteiger partial charge < -0.3 is 0 Å². The van der Waals surface area contributed by atoms with E-state index in [1.807, 2.05) is 0 Å². The minimum absolute atomic E-state index is 0.121. The Morgan fingerprint density at radius 3 is 2.19 bits per heavy atom. The molecule has 0 aliphatic rings. The van der Waals surface area contributed by atoms with Gasteiger partial charge >= 0.3 is 6.18 Å². The molecule has 0 heterocycles. The third-order valence-corrected chi connectivity index (χ3v) is 2.33. The molecule has 0 nitrogen and oxygen atoms in total. The molecule has 0 aliphatic heterocycles. The zero-order valence-electron chi connectivity index (χ0n) is 8.82. The molecule has 86 valence electrons. The Balaban J connectivity index is 3.37. The summed E-state index contributed by atoms with van der Waals surface area (Å²) < 4.78 is 50.6. The molecular formula is C12H10F4. The first-order valence-electron chi connectivity index (χ1n) is 4.53. The third kappa shape index (κ3) is 2.35. The fraction of sp³-hybridized carbons (Fsp3) is 0.333. The highest BCUT2D eigenvalue weighted by Crippen LogP contribution is 2.33. The van der Waals surface area contributed by atoms with Crippen LogP contribution in [0, 0.1) is 18.2 Å². The van der Waals surface area contributed by atoms with E-state index in [-0.39, 0.29) is 5.56 Å². The molecule has 0 spiro atoms. The summed E-state index contributed by atoms with van der Waals surface area (Å²) in [5.41, 5.74) is -2.08. The van der Waals surface area contributed by atoms with Crippen LogP contribution in [0.1, 0.15) is 25.0 Å². The number of hydrogen-bond donors (Lipinski definition) is 0. The van der Waals surface area contributed by atoms with Gasteiger partial charge in [0.1, 0.15) is 5.82 Å². The first-order valence-corrected chi connectivity index (χ1v) is 4.53. The number of halogens is 4. The second-order valence-electron chi connectivity index (χ2n) is 3.96. The van der Waals surface area contributed by atoms with Crippen LogP contribution < -0.4 is 0 Å². The van der Waals surface area contributed by atoms with Gasteiger partial charge in [-0.05, 0) is 32.0 Å². The van der Waals surface area contributed by atoms with Crippen molar-refractivity contribution >= 4 is 0 Å². The molecule has 1 rings (SSSR count). The quantitative estimate of drug-likeness (QED) is 0.509. The molecule has 0 aliphatic carbocycles. The Labute approximate surface area is 91.3 Å². The van der Waals surface area contributed by atoms with Crippen molar-refractivity contribution in [3.63, 3.8) is 0 Å². The molecule has 0 saturated heterocycles. The molecule has 16 heavy (non-hydrogen) atoms. The van der Waals surface area contributed by atoms with Gasteiger partial charge in [-0.3, -0.25) is 0 Å². The van der Waals surface area contributed by atoms with Crippen molar-refractivity contribution in [3.05, 3.63) is 35.1 Å². The second kappa shape index (κ2) is 3.82. The Kier molecular flexibility index (Phi) is 3.00. The summed E-state index contributed by atoms with van der Waals surface area (Å²) in [5.74, 6) is 1.54. The molecular weight excluding hydrogens is 220 g/mol. The summed E-state index contributed by atoms with van der Waals surface area (Å²) in [7, 11) is 0. The van der Waals surface area contributed by atoms with Crippen molar-refractivity contribution in [1.82, 2.24) is 0 Å². The van der Waals surface area contributed by atoms with Crippen molar-refractivity contribution < 1.29 is 17.6 Å². The number of hydrogen-bond acceptors (Lipinski definition) is 0. The van der Waals surface area contributed by atoms with Gasteiger partial charge in [0.25, 0.3) is 0 Å². The molecule has 0 fully saturated rings. The minimum atomic E-state index is -4.49. The Morgan fingerprint density at radius 1 is 1.19 bits per heavy atom. The Hall–Kier alpha value is -1.50. The normalized spacial score (nSPS) is 12.3. The summed E-state index contributed by atoms with van der Waals surface area (Å²) in [4.78, 5) is 0. The van der Waals surface area contributed by atoms with Crippen LogP contribution in [-0.4, -0.2) is 0 Å². The first-order chi connectivity index (χ1) is 7.18. The van der Waals surface area contributed by atoms with Gasteiger partial charge in [-0.15, -0.1) is 6.42 Å². The maximum atomic E-state index is 13.4. The molecule has 0 atom stereocenters. The fourth-order valence-corrected chi connectivity index (χ4v) is 1.26. The lowest BCUT2D eigenvalue weighted by atomic mass is 9.84. The monoisotopic (exact) mass is 230 g/mol. The average molecular weight is 230 g/mol. The van der Waals surface area contributed by atoms with Crippen LogP contribution in [0.3, 0.4) is 0 Å². The summed E-state index contributed by atoms with van der Waals surface area (Å²) in [6.45, 7) is 2.98.